The van der Waals surface area contributed by atoms with Crippen molar-refractivity contribution in [1.82, 2.24) is 0 Å². The predicted molar refractivity (Wildman–Crippen MR) is 58.1 cm³/mol. The van der Waals surface area contributed by atoms with Crippen molar-refractivity contribution in [3.05, 3.63) is 0 Å². The summed E-state index contributed by atoms with van der Waals surface area (Å²) >= 11 is 0. The number of ether oxygens (including phenoxy) is 3. The van der Waals surface area contributed by atoms with Crippen molar-refractivity contribution < 1.29 is 24.4 Å². The topological polar surface area (TPSA) is 68.2 Å². The Morgan fingerprint density at radius 2 is 1.75 bits per heavy atom. The first-order valence-corrected chi connectivity index (χ1v) is 5.93. The third kappa shape index (κ3) is 5.77. The van der Waals surface area contributed by atoms with E-state index >= 15 is 0 Å². The third-order valence-electron chi connectivity index (χ3n) is 2.46. The first-order valence-electron chi connectivity index (χ1n) is 5.93. The van der Waals surface area contributed by atoms with Gasteiger partial charge in [-0.25, -0.2) is 0 Å². The fourth-order valence-corrected chi connectivity index (χ4v) is 1.59. The van der Waals surface area contributed by atoms with Gasteiger partial charge in [0.25, 0.3) is 0 Å². The highest BCUT2D eigenvalue weighted by molar-refractivity contribution is 4.66. The molecular formula is C11H22O5. The van der Waals surface area contributed by atoms with Gasteiger partial charge in [-0.1, -0.05) is 0 Å². The number of rotatable bonds is 8. The molecule has 0 aromatic carbocycles. The second-order valence-corrected chi connectivity index (χ2v) is 3.84. The summed E-state index contributed by atoms with van der Waals surface area (Å²) in [5.41, 5.74) is 0. The van der Waals surface area contributed by atoms with Crippen molar-refractivity contribution in [2.45, 2.75) is 38.1 Å². The fraction of sp³-hybridized carbons (Fsp3) is 1.00. The molecule has 2 N–H and O–H groups in total. The molecule has 1 aliphatic rings. The van der Waals surface area contributed by atoms with Gasteiger partial charge in [-0.3, -0.25) is 0 Å². The van der Waals surface area contributed by atoms with Crippen molar-refractivity contribution in [3.63, 3.8) is 0 Å². The van der Waals surface area contributed by atoms with Crippen molar-refractivity contribution in [2.75, 3.05) is 33.0 Å². The SMILES string of the molecule is OCCCOC1CCOC(OCCCO)C1. The second kappa shape index (κ2) is 8.90. The molecule has 2 unspecified atom stereocenters. The van der Waals surface area contributed by atoms with Gasteiger partial charge < -0.3 is 24.4 Å². The zero-order valence-electron chi connectivity index (χ0n) is 9.64. The van der Waals surface area contributed by atoms with Gasteiger partial charge in [-0.2, -0.15) is 0 Å². The molecule has 5 heteroatoms. The van der Waals surface area contributed by atoms with E-state index in [0.717, 1.165) is 12.8 Å². The van der Waals surface area contributed by atoms with Crippen LogP contribution in [0.15, 0.2) is 0 Å². The monoisotopic (exact) mass is 234 g/mol. The van der Waals surface area contributed by atoms with Crippen LogP contribution in [0.3, 0.4) is 0 Å². The molecule has 1 saturated heterocycles. The van der Waals surface area contributed by atoms with Gasteiger partial charge >= 0.3 is 0 Å². The molecular weight excluding hydrogens is 212 g/mol. The normalized spacial score (nSPS) is 25.9. The van der Waals surface area contributed by atoms with E-state index in [2.05, 4.69) is 0 Å². The number of hydrogen-bond donors (Lipinski definition) is 2. The summed E-state index contributed by atoms with van der Waals surface area (Å²) in [4.78, 5) is 0. The van der Waals surface area contributed by atoms with E-state index in [4.69, 9.17) is 24.4 Å². The van der Waals surface area contributed by atoms with Crippen molar-refractivity contribution in [3.8, 4) is 0 Å². The number of hydrogen-bond acceptors (Lipinski definition) is 5. The molecule has 0 aromatic rings. The van der Waals surface area contributed by atoms with Crippen LogP contribution in [0.5, 0.6) is 0 Å². The highest BCUT2D eigenvalue weighted by Gasteiger charge is 2.23. The van der Waals surface area contributed by atoms with E-state index in [9.17, 15) is 0 Å². The minimum Gasteiger partial charge on any atom is -0.396 e. The van der Waals surface area contributed by atoms with Crippen LogP contribution in [-0.2, 0) is 14.2 Å². The summed E-state index contributed by atoms with van der Waals surface area (Å²) in [7, 11) is 0. The minimum atomic E-state index is -0.209. The summed E-state index contributed by atoms with van der Waals surface area (Å²) in [6, 6.07) is 0. The number of aliphatic hydroxyl groups excluding tert-OH is 2. The van der Waals surface area contributed by atoms with E-state index in [0.29, 0.717) is 32.7 Å². The Morgan fingerprint density at radius 1 is 1.06 bits per heavy atom. The fourth-order valence-electron chi connectivity index (χ4n) is 1.59. The molecule has 96 valence electrons. The van der Waals surface area contributed by atoms with Gasteiger partial charge in [0.1, 0.15) is 0 Å². The average Bonchev–Trinajstić information content (AvgIpc) is 2.30. The van der Waals surface area contributed by atoms with Crippen LogP contribution in [0.4, 0.5) is 0 Å². The minimum absolute atomic E-state index is 0.142. The summed E-state index contributed by atoms with van der Waals surface area (Å²) in [5, 5.41) is 17.3. The van der Waals surface area contributed by atoms with Gasteiger partial charge in [0, 0.05) is 26.2 Å². The quantitative estimate of drug-likeness (QED) is 0.591. The standard InChI is InChI=1S/C11H22O5/c12-4-1-6-14-10-3-8-16-11(9-10)15-7-2-5-13/h10-13H,1-9H2. The van der Waals surface area contributed by atoms with E-state index in [1.165, 1.54) is 0 Å². The van der Waals surface area contributed by atoms with Crippen LogP contribution in [0, 0.1) is 0 Å². The third-order valence-corrected chi connectivity index (χ3v) is 2.46. The van der Waals surface area contributed by atoms with E-state index in [1.54, 1.807) is 0 Å². The molecule has 0 saturated carbocycles. The van der Waals surface area contributed by atoms with Gasteiger partial charge in [0.05, 0.1) is 19.3 Å². The van der Waals surface area contributed by atoms with Crippen molar-refractivity contribution in [2.24, 2.45) is 0 Å². The highest BCUT2D eigenvalue weighted by atomic mass is 16.7. The Balaban J connectivity index is 2.09. The summed E-state index contributed by atoms with van der Waals surface area (Å²) in [6.45, 7) is 2.06. The predicted octanol–water partition coefficient (Wildman–Crippen LogP) is 0.289. The zero-order chi connectivity index (χ0) is 11.6. The first kappa shape index (κ1) is 13.9. The molecule has 0 aromatic heterocycles. The molecule has 0 radical (unpaired) electrons. The van der Waals surface area contributed by atoms with E-state index in [1.807, 2.05) is 0 Å². The smallest absolute Gasteiger partial charge is 0.160 e. The van der Waals surface area contributed by atoms with Crippen molar-refractivity contribution >= 4 is 0 Å². The Hall–Kier alpha value is -0.200. The lowest BCUT2D eigenvalue weighted by atomic mass is 10.1. The molecule has 1 rings (SSSR count). The maximum Gasteiger partial charge on any atom is 0.160 e. The van der Waals surface area contributed by atoms with Crippen LogP contribution >= 0.6 is 0 Å². The summed E-state index contributed by atoms with van der Waals surface area (Å²) in [5.74, 6) is 0. The van der Waals surface area contributed by atoms with Crippen LogP contribution < -0.4 is 0 Å². The molecule has 16 heavy (non-hydrogen) atoms. The van der Waals surface area contributed by atoms with Crippen LogP contribution in [0.25, 0.3) is 0 Å². The Morgan fingerprint density at radius 3 is 2.44 bits per heavy atom. The Bertz CT molecular complexity index is 148. The first-order chi connectivity index (χ1) is 7.86. The van der Waals surface area contributed by atoms with E-state index in [-0.39, 0.29) is 25.6 Å². The van der Waals surface area contributed by atoms with Crippen LogP contribution in [0.1, 0.15) is 25.7 Å². The maximum atomic E-state index is 8.64. The maximum absolute atomic E-state index is 8.64. The zero-order valence-corrected chi connectivity index (χ0v) is 9.64. The molecule has 1 fully saturated rings. The Labute approximate surface area is 96.3 Å². The Kier molecular flexibility index (Phi) is 7.71. The highest BCUT2D eigenvalue weighted by Crippen LogP contribution is 2.18. The van der Waals surface area contributed by atoms with Crippen LogP contribution in [-0.4, -0.2) is 55.6 Å². The molecule has 5 nitrogen and oxygen atoms in total. The average molecular weight is 234 g/mol. The summed E-state index contributed by atoms with van der Waals surface area (Å²) in [6.07, 6.45) is 2.88. The van der Waals surface area contributed by atoms with Gasteiger partial charge in [-0.15, -0.1) is 0 Å². The molecule has 0 bridgehead atoms. The largest absolute Gasteiger partial charge is 0.396 e. The van der Waals surface area contributed by atoms with E-state index < -0.39 is 0 Å². The molecule has 1 aliphatic heterocycles. The molecule has 0 aliphatic carbocycles. The van der Waals surface area contributed by atoms with Gasteiger partial charge in [0.2, 0.25) is 0 Å². The lowest BCUT2D eigenvalue weighted by molar-refractivity contribution is -0.193. The number of aliphatic hydroxyl groups is 2. The molecule has 0 amide bonds. The van der Waals surface area contributed by atoms with Gasteiger partial charge in [-0.05, 0) is 19.3 Å². The van der Waals surface area contributed by atoms with Gasteiger partial charge in [0.15, 0.2) is 6.29 Å². The lowest BCUT2D eigenvalue weighted by Gasteiger charge is -2.29. The molecule has 2 atom stereocenters. The second-order valence-electron chi connectivity index (χ2n) is 3.84. The summed E-state index contributed by atoms with van der Waals surface area (Å²) < 4.78 is 16.5. The van der Waals surface area contributed by atoms with Crippen molar-refractivity contribution in [1.29, 1.82) is 0 Å². The molecule has 1 heterocycles. The lowest BCUT2D eigenvalue weighted by Crippen LogP contribution is -2.33. The molecule has 0 spiro atoms. The van der Waals surface area contributed by atoms with Crippen LogP contribution in [0.2, 0.25) is 0 Å².